The molecule has 2 rings (SSSR count). The highest BCUT2D eigenvalue weighted by Gasteiger charge is 2.16. The molecule has 0 amide bonds. The predicted octanol–water partition coefficient (Wildman–Crippen LogP) is 2.32. The summed E-state index contributed by atoms with van der Waals surface area (Å²) in [6, 6.07) is 7.67. The van der Waals surface area contributed by atoms with Crippen molar-refractivity contribution < 1.29 is 4.74 Å². The van der Waals surface area contributed by atoms with E-state index in [1.54, 1.807) is 0 Å². The van der Waals surface area contributed by atoms with Crippen LogP contribution in [0.2, 0.25) is 5.02 Å². The lowest BCUT2D eigenvalue weighted by molar-refractivity contribution is 0.330. The van der Waals surface area contributed by atoms with Gasteiger partial charge in [-0.25, -0.2) is 4.99 Å². The van der Waals surface area contributed by atoms with Crippen LogP contribution in [0.1, 0.15) is 11.6 Å². The van der Waals surface area contributed by atoms with E-state index < -0.39 is 0 Å². The molecule has 1 aliphatic heterocycles. The molecule has 0 fully saturated rings. The SMILES string of the molecule is Clc1ccccc1C1CO[C]=N1. The van der Waals surface area contributed by atoms with Gasteiger partial charge in [-0.1, -0.05) is 29.8 Å². The third-order valence-corrected chi connectivity index (χ3v) is 2.12. The van der Waals surface area contributed by atoms with E-state index in [1.807, 2.05) is 24.3 Å². The lowest BCUT2D eigenvalue weighted by atomic mass is 10.1. The van der Waals surface area contributed by atoms with Crippen molar-refractivity contribution in [1.82, 2.24) is 0 Å². The van der Waals surface area contributed by atoms with Crippen molar-refractivity contribution in [2.45, 2.75) is 6.04 Å². The van der Waals surface area contributed by atoms with Crippen molar-refractivity contribution in [3.05, 3.63) is 34.9 Å². The molecule has 1 aromatic rings. The van der Waals surface area contributed by atoms with Gasteiger partial charge < -0.3 is 4.74 Å². The Labute approximate surface area is 75.8 Å². The summed E-state index contributed by atoms with van der Waals surface area (Å²) in [5.74, 6) is 0. The largest absolute Gasteiger partial charge is 0.471 e. The van der Waals surface area contributed by atoms with E-state index >= 15 is 0 Å². The fourth-order valence-electron chi connectivity index (χ4n) is 1.16. The van der Waals surface area contributed by atoms with Gasteiger partial charge in [0.05, 0.1) is 0 Å². The summed E-state index contributed by atoms with van der Waals surface area (Å²) in [7, 11) is 0. The number of hydrogen-bond acceptors (Lipinski definition) is 2. The maximum absolute atomic E-state index is 5.96. The number of rotatable bonds is 1. The number of aliphatic imine (C=N–C) groups is 1. The Morgan fingerprint density at radius 1 is 1.50 bits per heavy atom. The molecule has 61 valence electrons. The molecule has 0 saturated heterocycles. The normalized spacial score (nSPS) is 20.9. The van der Waals surface area contributed by atoms with Gasteiger partial charge in [0.15, 0.2) is 0 Å². The van der Waals surface area contributed by atoms with Crippen LogP contribution in [0, 0.1) is 0 Å². The highest BCUT2D eigenvalue weighted by Crippen LogP contribution is 2.27. The molecule has 1 atom stereocenters. The van der Waals surface area contributed by atoms with Crippen LogP contribution in [-0.2, 0) is 4.74 Å². The van der Waals surface area contributed by atoms with Crippen LogP contribution < -0.4 is 0 Å². The van der Waals surface area contributed by atoms with Gasteiger partial charge in [-0.3, -0.25) is 0 Å². The third-order valence-electron chi connectivity index (χ3n) is 1.78. The van der Waals surface area contributed by atoms with Crippen LogP contribution in [0.5, 0.6) is 0 Å². The molecular weight excluding hydrogens is 174 g/mol. The summed E-state index contributed by atoms with van der Waals surface area (Å²) < 4.78 is 4.89. The van der Waals surface area contributed by atoms with Gasteiger partial charge in [0, 0.05) is 5.02 Å². The van der Waals surface area contributed by atoms with E-state index in [1.165, 1.54) is 0 Å². The molecule has 0 aromatic heterocycles. The van der Waals surface area contributed by atoms with Crippen LogP contribution >= 0.6 is 11.6 Å². The Morgan fingerprint density at radius 2 is 2.33 bits per heavy atom. The van der Waals surface area contributed by atoms with E-state index in [0.29, 0.717) is 6.61 Å². The lowest BCUT2D eigenvalue weighted by Gasteiger charge is -2.06. The Hall–Kier alpha value is -1.02. The number of benzene rings is 1. The van der Waals surface area contributed by atoms with Gasteiger partial charge in [-0.2, -0.15) is 0 Å². The minimum atomic E-state index is 0.0266. The second-order valence-corrected chi connectivity index (χ2v) is 2.98. The predicted molar refractivity (Wildman–Crippen MR) is 47.6 cm³/mol. The topological polar surface area (TPSA) is 21.6 Å². The molecule has 1 aliphatic rings. The Bertz CT molecular complexity index is 311. The molecule has 0 bridgehead atoms. The van der Waals surface area contributed by atoms with E-state index in [9.17, 15) is 0 Å². The summed E-state index contributed by atoms with van der Waals surface area (Å²) in [5.41, 5.74) is 1.00. The molecule has 0 N–H and O–H groups in total. The average Bonchev–Trinajstić information content (AvgIpc) is 2.57. The van der Waals surface area contributed by atoms with E-state index in [0.717, 1.165) is 10.6 Å². The number of hydrogen-bond donors (Lipinski definition) is 0. The monoisotopic (exact) mass is 180 g/mol. The summed E-state index contributed by atoms with van der Waals surface area (Å²) in [6.07, 6.45) is 2.46. The highest BCUT2D eigenvalue weighted by atomic mass is 35.5. The Morgan fingerprint density at radius 3 is 3.00 bits per heavy atom. The first kappa shape index (κ1) is 7.62. The summed E-state index contributed by atoms with van der Waals surface area (Å²) in [6.45, 7) is 0.545. The van der Waals surface area contributed by atoms with Gasteiger partial charge in [-0.15, -0.1) is 0 Å². The Kier molecular flexibility index (Phi) is 2.00. The second-order valence-electron chi connectivity index (χ2n) is 2.57. The molecule has 1 unspecified atom stereocenters. The zero-order chi connectivity index (χ0) is 8.39. The maximum Gasteiger partial charge on any atom is 0.273 e. The van der Waals surface area contributed by atoms with Crippen LogP contribution in [0.4, 0.5) is 0 Å². The van der Waals surface area contributed by atoms with Crippen molar-refractivity contribution in [1.29, 1.82) is 0 Å². The van der Waals surface area contributed by atoms with Crippen molar-refractivity contribution in [3.8, 4) is 0 Å². The molecule has 2 nitrogen and oxygen atoms in total. The van der Waals surface area contributed by atoms with Gasteiger partial charge in [0.1, 0.15) is 12.6 Å². The van der Waals surface area contributed by atoms with Crippen molar-refractivity contribution >= 4 is 18.0 Å². The zero-order valence-electron chi connectivity index (χ0n) is 6.33. The smallest absolute Gasteiger partial charge is 0.273 e. The first-order valence-electron chi connectivity index (χ1n) is 3.69. The van der Waals surface area contributed by atoms with Crippen molar-refractivity contribution in [2.24, 2.45) is 4.99 Å². The number of ether oxygens (including phenoxy) is 1. The molecule has 1 heterocycles. The van der Waals surface area contributed by atoms with E-state index in [4.69, 9.17) is 16.3 Å². The summed E-state index contributed by atoms with van der Waals surface area (Å²) in [4.78, 5) is 4.01. The third kappa shape index (κ3) is 1.30. The van der Waals surface area contributed by atoms with Gasteiger partial charge in [0.25, 0.3) is 6.40 Å². The molecule has 12 heavy (non-hydrogen) atoms. The molecule has 0 saturated carbocycles. The standard InChI is InChI=1S/C9H7ClNO/c10-8-4-2-1-3-7(8)9-5-12-6-11-9/h1-4,9H,5H2. The van der Waals surface area contributed by atoms with Crippen LogP contribution in [0.25, 0.3) is 0 Å². The maximum atomic E-state index is 5.96. The molecule has 1 aromatic carbocycles. The molecule has 3 heteroatoms. The van der Waals surface area contributed by atoms with E-state index in [-0.39, 0.29) is 6.04 Å². The van der Waals surface area contributed by atoms with E-state index in [2.05, 4.69) is 11.4 Å². The van der Waals surface area contributed by atoms with Gasteiger partial charge >= 0.3 is 0 Å². The molecular formula is C9H7ClNO. The average molecular weight is 181 g/mol. The quantitative estimate of drug-likeness (QED) is 0.650. The first-order valence-corrected chi connectivity index (χ1v) is 4.07. The number of halogens is 1. The molecule has 0 aliphatic carbocycles. The number of nitrogens with zero attached hydrogens (tertiary/aromatic N) is 1. The van der Waals surface area contributed by atoms with Crippen LogP contribution in [0.3, 0.4) is 0 Å². The summed E-state index contributed by atoms with van der Waals surface area (Å²) in [5, 5.41) is 0.735. The highest BCUT2D eigenvalue weighted by molar-refractivity contribution is 6.31. The van der Waals surface area contributed by atoms with Gasteiger partial charge in [0.2, 0.25) is 0 Å². The Balaban J connectivity index is 2.33. The van der Waals surface area contributed by atoms with Crippen LogP contribution in [0.15, 0.2) is 29.3 Å². The van der Waals surface area contributed by atoms with Gasteiger partial charge in [-0.05, 0) is 11.6 Å². The fraction of sp³-hybridized carbons (Fsp3) is 0.222. The molecule has 1 radical (unpaired) electrons. The second kappa shape index (κ2) is 3.15. The minimum absolute atomic E-state index is 0.0266. The molecule has 0 spiro atoms. The minimum Gasteiger partial charge on any atom is -0.471 e. The fourth-order valence-corrected chi connectivity index (χ4v) is 1.42. The lowest BCUT2D eigenvalue weighted by Crippen LogP contribution is -1.97. The zero-order valence-corrected chi connectivity index (χ0v) is 7.08. The van der Waals surface area contributed by atoms with Crippen LogP contribution in [-0.4, -0.2) is 13.0 Å². The van der Waals surface area contributed by atoms with Crippen molar-refractivity contribution in [3.63, 3.8) is 0 Å². The first-order chi connectivity index (χ1) is 5.88. The summed E-state index contributed by atoms with van der Waals surface area (Å²) >= 11 is 5.96. The van der Waals surface area contributed by atoms with Crippen molar-refractivity contribution in [2.75, 3.05) is 6.61 Å².